The highest BCUT2D eigenvalue weighted by Gasteiger charge is 2.51. The molecule has 1 spiro atoms. The van der Waals surface area contributed by atoms with Crippen LogP contribution >= 0.6 is 0 Å². The normalized spacial score (nSPS) is 21.8. The van der Waals surface area contributed by atoms with Crippen molar-refractivity contribution in [1.82, 2.24) is 9.21 Å². The number of para-hydroxylation sites is 1. The fraction of sp³-hybridized carbons (Fsp3) is 0.429. The average molecular weight is 504 g/mol. The van der Waals surface area contributed by atoms with E-state index in [9.17, 15) is 30.0 Å². The lowest BCUT2D eigenvalue weighted by Gasteiger charge is -2.26. The Balaban J connectivity index is 1.67. The van der Waals surface area contributed by atoms with E-state index in [1.165, 1.54) is 47.6 Å². The molecule has 2 aliphatic heterocycles. The van der Waals surface area contributed by atoms with Crippen LogP contribution in [0.1, 0.15) is 12.0 Å². The van der Waals surface area contributed by atoms with Crippen LogP contribution in [0.4, 0.5) is 18.9 Å². The van der Waals surface area contributed by atoms with E-state index in [4.69, 9.17) is 0 Å². The van der Waals surface area contributed by atoms with E-state index in [0.717, 1.165) is 4.31 Å². The van der Waals surface area contributed by atoms with Crippen molar-refractivity contribution in [2.75, 3.05) is 44.6 Å². The van der Waals surface area contributed by atoms with Gasteiger partial charge in [-0.3, -0.25) is 9.21 Å². The van der Waals surface area contributed by atoms with Crippen molar-refractivity contribution in [3.8, 4) is 0 Å². The molecule has 33 heavy (non-hydrogen) atoms. The Labute approximate surface area is 191 Å². The van der Waals surface area contributed by atoms with Gasteiger partial charge in [0.25, 0.3) is 10.0 Å². The van der Waals surface area contributed by atoms with Crippen LogP contribution in [0.5, 0.6) is 0 Å². The molecular formula is C21H24F3N3O4S2. The van der Waals surface area contributed by atoms with E-state index >= 15 is 0 Å². The maximum absolute atomic E-state index is 13.5. The lowest BCUT2D eigenvalue weighted by Crippen LogP contribution is -2.40. The molecular weight excluding hydrogens is 479 g/mol. The number of fused-ring (bicyclic) bond motifs is 2. The van der Waals surface area contributed by atoms with Crippen molar-refractivity contribution in [2.45, 2.75) is 27.8 Å². The first kappa shape index (κ1) is 24.0. The second-order valence-corrected chi connectivity index (χ2v) is 12.7. The summed E-state index contributed by atoms with van der Waals surface area (Å²) in [6.07, 6.45) is -3.92. The van der Waals surface area contributed by atoms with E-state index in [1.54, 1.807) is 24.3 Å². The molecule has 7 nitrogen and oxygen atoms in total. The maximum Gasteiger partial charge on any atom is 0.401 e. The summed E-state index contributed by atoms with van der Waals surface area (Å²) in [6.45, 7) is -0.680. The van der Waals surface area contributed by atoms with Gasteiger partial charge in [0.15, 0.2) is 0 Å². The Bertz CT molecular complexity index is 1260. The second-order valence-electron chi connectivity index (χ2n) is 8.64. The first-order valence-corrected chi connectivity index (χ1v) is 13.1. The molecule has 1 fully saturated rings. The summed E-state index contributed by atoms with van der Waals surface area (Å²) in [7, 11) is -5.03. The molecule has 4 rings (SSSR count). The first-order chi connectivity index (χ1) is 15.3. The number of likely N-dealkylation sites (tertiary alicyclic amines) is 1. The highest BCUT2D eigenvalue weighted by atomic mass is 32.2. The van der Waals surface area contributed by atoms with E-state index in [0.29, 0.717) is 17.7 Å². The van der Waals surface area contributed by atoms with Crippen LogP contribution in [0.25, 0.3) is 0 Å². The van der Waals surface area contributed by atoms with Crippen LogP contribution in [-0.4, -0.2) is 72.5 Å². The topological polar surface area (TPSA) is 78.0 Å². The summed E-state index contributed by atoms with van der Waals surface area (Å²) in [6, 6.07) is 11.8. The Morgan fingerprint density at radius 1 is 0.939 bits per heavy atom. The fourth-order valence-corrected chi connectivity index (χ4v) is 7.09. The zero-order valence-electron chi connectivity index (χ0n) is 18.1. The third-order valence-corrected chi connectivity index (χ3v) is 9.82. The summed E-state index contributed by atoms with van der Waals surface area (Å²) in [4.78, 5) is 1.19. The van der Waals surface area contributed by atoms with Crippen molar-refractivity contribution < 1.29 is 30.0 Å². The number of rotatable bonds is 5. The molecule has 0 saturated carbocycles. The summed E-state index contributed by atoms with van der Waals surface area (Å²) in [5, 5.41) is 0. The van der Waals surface area contributed by atoms with Gasteiger partial charge < -0.3 is 0 Å². The number of hydrogen-bond donors (Lipinski definition) is 0. The maximum atomic E-state index is 13.5. The minimum Gasteiger partial charge on any atom is -0.294 e. The zero-order valence-corrected chi connectivity index (χ0v) is 19.7. The summed E-state index contributed by atoms with van der Waals surface area (Å²) < 4.78 is 92.7. The largest absolute Gasteiger partial charge is 0.401 e. The monoisotopic (exact) mass is 503 g/mol. The highest BCUT2D eigenvalue weighted by Crippen LogP contribution is 2.48. The van der Waals surface area contributed by atoms with Crippen LogP contribution < -0.4 is 4.31 Å². The van der Waals surface area contributed by atoms with Gasteiger partial charge in [0.05, 0.1) is 22.0 Å². The first-order valence-electron chi connectivity index (χ1n) is 10.2. The van der Waals surface area contributed by atoms with Crippen LogP contribution in [-0.2, 0) is 25.5 Å². The van der Waals surface area contributed by atoms with E-state index in [2.05, 4.69) is 0 Å². The van der Waals surface area contributed by atoms with Gasteiger partial charge in [0.1, 0.15) is 0 Å². The lowest BCUT2D eigenvalue weighted by atomic mass is 9.82. The smallest absolute Gasteiger partial charge is 0.294 e. The van der Waals surface area contributed by atoms with Gasteiger partial charge in [0, 0.05) is 32.6 Å². The second kappa shape index (κ2) is 7.97. The average Bonchev–Trinajstić information content (AvgIpc) is 3.29. The molecule has 0 aliphatic carbocycles. The van der Waals surface area contributed by atoms with E-state index < -0.39 is 38.2 Å². The van der Waals surface area contributed by atoms with Gasteiger partial charge in [-0.2, -0.15) is 13.2 Å². The predicted molar refractivity (Wildman–Crippen MR) is 117 cm³/mol. The molecule has 0 radical (unpaired) electrons. The summed E-state index contributed by atoms with van der Waals surface area (Å²) >= 11 is 0. The minimum absolute atomic E-state index is 0.0286. The Hall–Kier alpha value is -2.15. The zero-order chi connectivity index (χ0) is 24.2. The summed E-state index contributed by atoms with van der Waals surface area (Å²) in [5.41, 5.74) is 0.421. The Morgan fingerprint density at radius 3 is 2.15 bits per heavy atom. The predicted octanol–water partition coefficient (Wildman–Crippen LogP) is 2.65. The molecule has 0 amide bonds. The summed E-state index contributed by atoms with van der Waals surface area (Å²) in [5.74, 6) is 0. The third kappa shape index (κ3) is 4.25. The minimum atomic E-state index is -4.33. The molecule has 2 heterocycles. The van der Waals surface area contributed by atoms with Gasteiger partial charge in [-0.05, 0) is 48.9 Å². The number of sulfonamides is 2. The van der Waals surface area contributed by atoms with E-state index in [-0.39, 0.29) is 29.4 Å². The highest BCUT2D eigenvalue weighted by molar-refractivity contribution is 7.93. The van der Waals surface area contributed by atoms with Crippen LogP contribution in [0.2, 0.25) is 0 Å². The van der Waals surface area contributed by atoms with Gasteiger partial charge in [-0.15, -0.1) is 0 Å². The molecule has 180 valence electrons. The van der Waals surface area contributed by atoms with Gasteiger partial charge in [-0.25, -0.2) is 21.1 Å². The number of anilines is 1. The number of benzene rings is 2. The molecule has 2 aromatic rings. The molecule has 1 atom stereocenters. The standard InChI is InChI=1S/C21H24F3N3O4S2/c1-25(2)32(28,29)16-7-9-17(10-8-16)33(30,31)27-14-20(18-5-3-4-6-19(18)27)11-12-26(13-20)15-21(22,23)24/h3-10H,11-15H2,1-2H3. The molecule has 0 N–H and O–H groups in total. The molecule has 12 heteroatoms. The quantitative estimate of drug-likeness (QED) is 0.627. The van der Waals surface area contributed by atoms with Crippen molar-refractivity contribution in [3.05, 3.63) is 54.1 Å². The third-order valence-electron chi connectivity index (χ3n) is 6.22. The van der Waals surface area contributed by atoms with Crippen molar-refractivity contribution >= 4 is 25.7 Å². The number of nitrogens with zero attached hydrogens (tertiary/aromatic N) is 3. The fourth-order valence-electron chi connectivity index (χ4n) is 4.62. The molecule has 0 bridgehead atoms. The molecule has 1 saturated heterocycles. The van der Waals surface area contributed by atoms with Crippen LogP contribution in [0, 0.1) is 0 Å². The molecule has 2 aromatic carbocycles. The number of alkyl halides is 3. The van der Waals surface area contributed by atoms with Crippen molar-refractivity contribution in [2.24, 2.45) is 0 Å². The van der Waals surface area contributed by atoms with Crippen LogP contribution in [0.15, 0.2) is 58.3 Å². The molecule has 1 unspecified atom stereocenters. The Morgan fingerprint density at radius 2 is 1.55 bits per heavy atom. The van der Waals surface area contributed by atoms with Crippen LogP contribution in [0.3, 0.4) is 0 Å². The van der Waals surface area contributed by atoms with Gasteiger partial charge >= 0.3 is 6.18 Å². The van der Waals surface area contributed by atoms with Crippen molar-refractivity contribution in [1.29, 1.82) is 0 Å². The number of hydrogen-bond acceptors (Lipinski definition) is 5. The molecule has 0 aromatic heterocycles. The van der Waals surface area contributed by atoms with E-state index in [1.807, 2.05) is 0 Å². The van der Waals surface area contributed by atoms with Gasteiger partial charge in [-0.1, -0.05) is 18.2 Å². The SMILES string of the molecule is CN(C)S(=O)(=O)c1ccc(S(=O)(=O)N2CC3(CCN(CC(F)(F)F)C3)c3ccccc32)cc1. The van der Waals surface area contributed by atoms with Crippen molar-refractivity contribution in [3.63, 3.8) is 0 Å². The Kier molecular flexibility index (Phi) is 5.79. The van der Waals surface area contributed by atoms with Gasteiger partial charge in [0.2, 0.25) is 10.0 Å². The number of halogens is 3. The lowest BCUT2D eigenvalue weighted by molar-refractivity contribution is -0.143. The molecule has 2 aliphatic rings.